The van der Waals surface area contributed by atoms with E-state index < -0.39 is 11.6 Å². The van der Waals surface area contributed by atoms with E-state index in [-0.39, 0.29) is 6.04 Å². The van der Waals surface area contributed by atoms with Crippen molar-refractivity contribution in [3.63, 3.8) is 0 Å². The van der Waals surface area contributed by atoms with Gasteiger partial charge in [0.25, 0.3) is 0 Å². The normalized spacial score (nSPS) is 12.6. The lowest BCUT2D eigenvalue weighted by atomic mass is 10.0. The molecule has 0 saturated carbocycles. The van der Waals surface area contributed by atoms with Crippen LogP contribution in [0.3, 0.4) is 0 Å². The Morgan fingerprint density at radius 2 is 2.10 bits per heavy atom. The molecule has 1 heterocycles. The Balaban J connectivity index is 2.24. The van der Waals surface area contributed by atoms with Crippen LogP contribution in [0.4, 0.5) is 8.78 Å². The third-order valence-corrected chi connectivity index (χ3v) is 4.87. The monoisotopic (exact) mass is 359 g/mol. The largest absolute Gasteiger partial charge is 0.310 e. The zero-order chi connectivity index (χ0) is 14.5. The standard InChI is InChI=1S/C15H16BrF2NS/c1-2-6-19-14(11-8-20-9-12(11)16)7-10-4-3-5-13(17)15(10)18/h3-5,8-9,14,19H,2,6-7H2,1H3. The van der Waals surface area contributed by atoms with E-state index in [0.29, 0.717) is 12.0 Å². The molecule has 5 heteroatoms. The third-order valence-electron chi connectivity index (χ3n) is 3.11. The van der Waals surface area contributed by atoms with Crippen molar-refractivity contribution in [2.24, 2.45) is 0 Å². The zero-order valence-electron chi connectivity index (χ0n) is 11.1. The summed E-state index contributed by atoms with van der Waals surface area (Å²) in [4.78, 5) is 0. The summed E-state index contributed by atoms with van der Waals surface area (Å²) < 4.78 is 28.1. The minimum atomic E-state index is -0.791. The molecule has 2 rings (SSSR count). The van der Waals surface area contributed by atoms with Gasteiger partial charge in [0, 0.05) is 15.9 Å². The molecular weight excluding hydrogens is 344 g/mol. The number of benzene rings is 1. The van der Waals surface area contributed by atoms with E-state index in [1.807, 2.05) is 10.8 Å². The van der Waals surface area contributed by atoms with Crippen LogP contribution in [0.15, 0.2) is 33.4 Å². The predicted octanol–water partition coefficient (Wildman–Crippen LogP) is 5.07. The van der Waals surface area contributed by atoms with Crippen LogP contribution in [-0.4, -0.2) is 6.54 Å². The lowest BCUT2D eigenvalue weighted by Crippen LogP contribution is -2.24. The quantitative estimate of drug-likeness (QED) is 0.758. The van der Waals surface area contributed by atoms with E-state index in [1.165, 1.54) is 0 Å². The van der Waals surface area contributed by atoms with Crippen LogP contribution in [0.5, 0.6) is 0 Å². The van der Waals surface area contributed by atoms with Gasteiger partial charge in [0.05, 0.1) is 0 Å². The summed E-state index contributed by atoms with van der Waals surface area (Å²) in [6.07, 6.45) is 1.42. The fraction of sp³-hybridized carbons (Fsp3) is 0.333. The van der Waals surface area contributed by atoms with Crippen molar-refractivity contribution >= 4 is 27.3 Å². The number of nitrogens with one attached hydrogen (secondary N) is 1. The van der Waals surface area contributed by atoms with Crippen LogP contribution < -0.4 is 5.32 Å². The fourth-order valence-corrected chi connectivity index (χ4v) is 3.70. The molecule has 0 spiro atoms. The molecule has 20 heavy (non-hydrogen) atoms. The first kappa shape index (κ1) is 15.6. The van der Waals surface area contributed by atoms with E-state index in [2.05, 4.69) is 28.2 Å². The Morgan fingerprint density at radius 3 is 2.75 bits per heavy atom. The molecule has 1 unspecified atom stereocenters. The summed E-state index contributed by atoms with van der Waals surface area (Å²) in [5, 5.41) is 7.43. The Hall–Kier alpha value is -0.780. The Kier molecular flexibility index (Phi) is 5.69. The SMILES string of the molecule is CCCNC(Cc1cccc(F)c1F)c1cscc1Br. The maximum absolute atomic E-state index is 13.8. The Bertz CT molecular complexity index is 571. The van der Waals surface area contributed by atoms with Crippen LogP contribution in [-0.2, 0) is 6.42 Å². The smallest absolute Gasteiger partial charge is 0.162 e. The lowest BCUT2D eigenvalue weighted by Gasteiger charge is -2.19. The van der Waals surface area contributed by atoms with Crippen LogP contribution in [0.1, 0.15) is 30.5 Å². The van der Waals surface area contributed by atoms with Crippen molar-refractivity contribution in [1.82, 2.24) is 5.32 Å². The molecule has 1 nitrogen and oxygen atoms in total. The second-order valence-electron chi connectivity index (χ2n) is 4.60. The summed E-state index contributed by atoms with van der Waals surface area (Å²) in [5.74, 6) is -1.54. The second-order valence-corrected chi connectivity index (χ2v) is 6.20. The number of hydrogen-bond donors (Lipinski definition) is 1. The molecule has 0 bridgehead atoms. The molecule has 108 valence electrons. The average Bonchev–Trinajstić information content (AvgIpc) is 2.85. The maximum atomic E-state index is 13.8. The van der Waals surface area contributed by atoms with Crippen LogP contribution in [0.25, 0.3) is 0 Å². The molecule has 0 aliphatic carbocycles. The highest BCUT2D eigenvalue weighted by Gasteiger charge is 2.18. The number of thiophene rings is 1. The molecule has 0 saturated heterocycles. The van der Waals surface area contributed by atoms with Crippen molar-refractivity contribution in [2.45, 2.75) is 25.8 Å². The van der Waals surface area contributed by atoms with Crippen molar-refractivity contribution in [3.8, 4) is 0 Å². The van der Waals surface area contributed by atoms with Gasteiger partial charge in [-0.05, 0) is 57.9 Å². The molecule has 1 atom stereocenters. The van der Waals surface area contributed by atoms with Gasteiger partial charge in [-0.3, -0.25) is 0 Å². The van der Waals surface area contributed by atoms with Crippen molar-refractivity contribution in [1.29, 1.82) is 0 Å². The zero-order valence-corrected chi connectivity index (χ0v) is 13.5. The van der Waals surface area contributed by atoms with Gasteiger partial charge in [-0.15, -0.1) is 0 Å². The summed E-state index contributed by atoms with van der Waals surface area (Å²) in [5.41, 5.74) is 1.49. The first-order chi connectivity index (χ1) is 9.63. The summed E-state index contributed by atoms with van der Waals surface area (Å²) >= 11 is 5.10. The van der Waals surface area contributed by atoms with Crippen LogP contribution in [0, 0.1) is 11.6 Å². The Labute approximate surface area is 130 Å². The highest BCUT2D eigenvalue weighted by atomic mass is 79.9. The Morgan fingerprint density at radius 1 is 1.30 bits per heavy atom. The van der Waals surface area contributed by atoms with Crippen molar-refractivity contribution < 1.29 is 8.78 Å². The van der Waals surface area contributed by atoms with Crippen LogP contribution in [0.2, 0.25) is 0 Å². The second kappa shape index (κ2) is 7.29. The molecule has 0 fully saturated rings. The van der Waals surface area contributed by atoms with E-state index in [4.69, 9.17) is 0 Å². The molecule has 0 aliphatic rings. The molecule has 1 aromatic carbocycles. The first-order valence-electron chi connectivity index (χ1n) is 6.51. The van der Waals surface area contributed by atoms with Crippen LogP contribution >= 0.6 is 27.3 Å². The van der Waals surface area contributed by atoms with E-state index in [0.717, 1.165) is 29.1 Å². The van der Waals surface area contributed by atoms with Gasteiger partial charge in [0.1, 0.15) is 0 Å². The van der Waals surface area contributed by atoms with Gasteiger partial charge in [0.2, 0.25) is 0 Å². The highest BCUT2D eigenvalue weighted by Crippen LogP contribution is 2.30. The molecular formula is C15H16BrF2NS. The molecule has 1 N–H and O–H groups in total. The summed E-state index contributed by atoms with van der Waals surface area (Å²) in [6, 6.07) is 4.31. The average molecular weight is 360 g/mol. The van der Waals surface area contributed by atoms with Gasteiger partial charge >= 0.3 is 0 Å². The number of rotatable bonds is 6. The predicted molar refractivity (Wildman–Crippen MR) is 83.1 cm³/mol. The summed E-state index contributed by atoms with van der Waals surface area (Å²) in [7, 11) is 0. The van der Waals surface area contributed by atoms with Crippen molar-refractivity contribution in [2.75, 3.05) is 6.54 Å². The molecule has 0 aliphatic heterocycles. The van der Waals surface area contributed by atoms with E-state index in [1.54, 1.807) is 23.5 Å². The molecule has 1 aromatic heterocycles. The fourth-order valence-electron chi connectivity index (χ4n) is 2.08. The van der Waals surface area contributed by atoms with Crippen molar-refractivity contribution in [3.05, 3.63) is 56.2 Å². The third kappa shape index (κ3) is 3.65. The van der Waals surface area contributed by atoms with Gasteiger partial charge < -0.3 is 5.32 Å². The minimum absolute atomic E-state index is 0.0214. The number of hydrogen-bond acceptors (Lipinski definition) is 2. The van der Waals surface area contributed by atoms with Gasteiger partial charge in [-0.1, -0.05) is 19.1 Å². The molecule has 0 radical (unpaired) electrons. The molecule has 2 aromatic rings. The van der Waals surface area contributed by atoms with Gasteiger partial charge in [-0.25, -0.2) is 8.78 Å². The van der Waals surface area contributed by atoms with E-state index >= 15 is 0 Å². The lowest BCUT2D eigenvalue weighted by molar-refractivity contribution is 0.477. The van der Waals surface area contributed by atoms with E-state index in [9.17, 15) is 8.78 Å². The first-order valence-corrected chi connectivity index (χ1v) is 8.25. The van der Waals surface area contributed by atoms with Gasteiger partial charge in [0.15, 0.2) is 11.6 Å². The minimum Gasteiger partial charge on any atom is -0.310 e. The summed E-state index contributed by atoms with van der Waals surface area (Å²) in [6.45, 7) is 2.92. The van der Waals surface area contributed by atoms with Gasteiger partial charge in [-0.2, -0.15) is 11.3 Å². The number of halogens is 3. The highest BCUT2D eigenvalue weighted by molar-refractivity contribution is 9.10. The molecule has 0 amide bonds. The topological polar surface area (TPSA) is 12.0 Å². The maximum Gasteiger partial charge on any atom is 0.162 e.